The first-order chi connectivity index (χ1) is 7.51. The van der Waals surface area contributed by atoms with Crippen LogP contribution in [0.2, 0.25) is 0 Å². The van der Waals surface area contributed by atoms with Gasteiger partial charge in [-0.1, -0.05) is 40.5 Å². The molecule has 0 bridgehead atoms. The molecular weight excluding hydrogens is 194 g/mol. The van der Waals surface area contributed by atoms with E-state index in [1.165, 1.54) is 38.8 Å². The minimum Gasteiger partial charge on any atom is -0.301 e. The average molecular weight is 227 g/mol. The summed E-state index contributed by atoms with van der Waals surface area (Å²) in [6.07, 6.45) is 5.40. The first kappa shape index (κ1) is 16.0. The van der Waals surface area contributed by atoms with Gasteiger partial charge in [-0.05, 0) is 45.1 Å². The zero-order chi connectivity index (χ0) is 12.6. The van der Waals surface area contributed by atoms with Crippen molar-refractivity contribution in [1.29, 1.82) is 0 Å². The lowest BCUT2D eigenvalue weighted by molar-refractivity contribution is 0.176. The van der Waals surface area contributed by atoms with E-state index in [2.05, 4.69) is 46.4 Å². The molecule has 0 N–H and O–H groups in total. The second-order valence-electron chi connectivity index (χ2n) is 5.83. The molecule has 16 heavy (non-hydrogen) atoms. The maximum absolute atomic E-state index is 2.65. The molecule has 0 heterocycles. The first-order valence-electron chi connectivity index (χ1n) is 7.25. The van der Waals surface area contributed by atoms with E-state index in [1.807, 2.05) is 0 Å². The van der Waals surface area contributed by atoms with Crippen molar-refractivity contribution in [2.75, 3.05) is 13.1 Å². The summed E-state index contributed by atoms with van der Waals surface area (Å²) in [5.74, 6) is 1.75. The van der Waals surface area contributed by atoms with Crippen molar-refractivity contribution in [3.05, 3.63) is 0 Å². The van der Waals surface area contributed by atoms with Gasteiger partial charge in [-0.25, -0.2) is 0 Å². The van der Waals surface area contributed by atoms with E-state index in [0.717, 1.165) is 11.8 Å². The predicted octanol–water partition coefficient (Wildman–Crippen LogP) is 4.57. The van der Waals surface area contributed by atoms with Gasteiger partial charge in [0.15, 0.2) is 0 Å². The third-order valence-corrected chi connectivity index (χ3v) is 3.46. The predicted molar refractivity (Wildman–Crippen MR) is 74.9 cm³/mol. The van der Waals surface area contributed by atoms with Crippen molar-refractivity contribution in [2.24, 2.45) is 11.8 Å². The van der Waals surface area contributed by atoms with E-state index in [-0.39, 0.29) is 0 Å². The molecule has 1 nitrogen and oxygen atoms in total. The van der Waals surface area contributed by atoms with Gasteiger partial charge in [-0.15, -0.1) is 0 Å². The zero-order valence-corrected chi connectivity index (χ0v) is 12.4. The monoisotopic (exact) mass is 227 g/mol. The van der Waals surface area contributed by atoms with Crippen molar-refractivity contribution in [2.45, 2.75) is 73.3 Å². The molecule has 0 aromatic rings. The summed E-state index contributed by atoms with van der Waals surface area (Å²) in [6, 6.07) is 0.702. The first-order valence-corrected chi connectivity index (χ1v) is 7.25. The molecule has 0 radical (unpaired) electrons. The normalized spacial score (nSPS) is 14.1. The largest absolute Gasteiger partial charge is 0.301 e. The van der Waals surface area contributed by atoms with Gasteiger partial charge in [0.1, 0.15) is 0 Å². The lowest BCUT2D eigenvalue weighted by Gasteiger charge is -2.30. The highest BCUT2D eigenvalue weighted by atomic mass is 15.1. The summed E-state index contributed by atoms with van der Waals surface area (Å²) >= 11 is 0. The fourth-order valence-corrected chi connectivity index (χ4v) is 2.17. The van der Waals surface area contributed by atoms with Gasteiger partial charge in [-0.3, -0.25) is 0 Å². The minimum absolute atomic E-state index is 0.702. The lowest BCUT2D eigenvalue weighted by Crippen LogP contribution is -2.36. The van der Waals surface area contributed by atoms with Crippen LogP contribution in [0, 0.1) is 11.8 Å². The van der Waals surface area contributed by atoms with Crippen molar-refractivity contribution < 1.29 is 0 Å². The van der Waals surface area contributed by atoms with E-state index in [0.29, 0.717) is 6.04 Å². The Morgan fingerprint density at radius 1 is 0.938 bits per heavy atom. The van der Waals surface area contributed by atoms with Crippen molar-refractivity contribution in [1.82, 2.24) is 4.90 Å². The number of hydrogen-bond acceptors (Lipinski definition) is 1. The highest BCUT2D eigenvalue weighted by Crippen LogP contribution is 2.18. The van der Waals surface area contributed by atoms with Crippen molar-refractivity contribution in [3.63, 3.8) is 0 Å². The molecule has 0 aromatic carbocycles. The average Bonchev–Trinajstić information content (AvgIpc) is 2.22. The summed E-state index contributed by atoms with van der Waals surface area (Å²) in [5.41, 5.74) is 0. The molecule has 0 amide bonds. The fraction of sp³-hybridized carbons (Fsp3) is 1.00. The molecule has 0 aliphatic carbocycles. The Balaban J connectivity index is 4.04. The van der Waals surface area contributed by atoms with Gasteiger partial charge >= 0.3 is 0 Å². The van der Waals surface area contributed by atoms with Crippen LogP contribution in [0.3, 0.4) is 0 Å². The lowest BCUT2D eigenvalue weighted by atomic mass is 9.95. The van der Waals surface area contributed by atoms with Crippen LogP contribution in [-0.4, -0.2) is 24.0 Å². The van der Waals surface area contributed by atoms with Crippen LogP contribution in [-0.2, 0) is 0 Å². The molecule has 0 rings (SSSR count). The Kier molecular flexibility index (Phi) is 9.02. The van der Waals surface area contributed by atoms with Gasteiger partial charge < -0.3 is 4.90 Å². The summed E-state index contributed by atoms with van der Waals surface area (Å²) in [5, 5.41) is 0. The molecule has 0 fully saturated rings. The molecule has 98 valence electrons. The molecule has 1 heteroatoms. The SMILES string of the molecule is CCCN(CC(CC)CCC(C)C)C(C)C. The number of nitrogens with zero attached hydrogens (tertiary/aromatic N) is 1. The van der Waals surface area contributed by atoms with Crippen LogP contribution in [0.25, 0.3) is 0 Å². The van der Waals surface area contributed by atoms with E-state index in [4.69, 9.17) is 0 Å². The van der Waals surface area contributed by atoms with Crippen LogP contribution >= 0.6 is 0 Å². The second kappa shape index (κ2) is 9.04. The molecule has 1 atom stereocenters. The fourth-order valence-electron chi connectivity index (χ4n) is 2.17. The van der Waals surface area contributed by atoms with Gasteiger partial charge in [0, 0.05) is 12.6 Å². The third-order valence-electron chi connectivity index (χ3n) is 3.46. The molecule has 1 unspecified atom stereocenters. The van der Waals surface area contributed by atoms with Gasteiger partial charge in [0.25, 0.3) is 0 Å². The van der Waals surface area contributed by atoms with E-state index >= 15 is 0 Å². The maximum atomic E-state index is 2.65. The summed E-state index contributed by atoms with van der Waals surface area (Å²) < 4.78 is 0. The number of rotatable bonds is 9. The summed E-state index contributed by atoms with van der Waals surface area (Å²) in [4.78, 5) is 2.65. The highest BCUT2D eigenvalue weighted by molar-refractivity contribution is 4.68. The molecule has 0 saturated heterocycles. The molecule has 0 saturated carbocycles. The van der Waals surface area contributed by atoms with Crippen LogP contribution in [0.15, 0.2) is 0 Å². The Morgan fingerprint density at radius 2 is 1.56 bits per heavy atom. The Morgan fingerprint density at radius 3 is 1.94 bits per heavy atom. The highest BCUT2D eigenvalue weighted by Gasteiger charge is 2.14. The Hall–Kier alpha value is -0.0400. The quantitative estimate of drug-likeness (QED) is 0.558. The van der Waals surface area contributed by atoms with Crippen molar-refractivity contribution in [3.8, 4) is 0 Å². The van der Waals surface area contributed by atoms with Gasteiger partial charge in [0.2, 0.25) is 0 Å². The van der Waals surface area contributed by atoms with E-state index in [1.54, 1.807) is 0 Å². The van der Waals surface area contributed by atoms with Crippen LogP contribution in [0.5, 0.6) is 0 Å². The Labute approximate surface area is 104 Å². The molecule has 0 aliphatic rings. The van der Waals surface area contributed by atoms with E-state index in [9.17, 15) is 0 Å². The Bertz CT molecular complexity index is 152. The standard InChI is InChI=1S/C15H33N/c1-7-11-16(14(5)6)12-15(8-2)10-9-13(3)4/h13-15H,7-12H2,1-6H3. The smallest absolute Gasteiger partial charge is 0.00387 e. The van der Waals surface area contributed by atoms with Crippen LogP contribution in [0.4, 0.5) is 0 Å². The van der Waals surface area contributed by atoms with Crippen LogP contribution in [0.1, 0.15) is 67.2 Å². The van der Waals surface area contributed by atoms with Crippen LogP contribution < -0.4 is 0 Å². The van der Waals surface area contributed by atoms with Crippen molar-refractivity contribution >= 4 is 0 Å². The molecule has 0 aliphatic heterocycles. The molecule has 0 spiro atoms. The summed E-state index contributed by atoms with van der Waals surface area (Å²) in [6.45, 7) is 16.5. The molecular formula is C15H33N. The van der Waals surface area contributed by atoms with Gasteiger partial charge in [0.05, 0.1) is 0 Å². The third kappa shape index (κ3) is 7.27. The van der Waals surface area contributed by atoms with E-state index < -0.39 is 0 Å². The van der Waals surface area contributed by atoms with Gasteiger partial charge in [-0.2, -0.15) is 0 Å². The zero-order valence-electron chi connectivity index (χ0n) is 12.4. The molecule has 0 aromatic heterocycles. The topological polar surface area (TPSA) is 3.24 Å². The summed E-state index contributed by atoms with van der Waals surface area (Å²) in [7, 11) is 0. The maximum Gasteiger partial charge on any atom is 0.00387 e. The number of hydrogen-bond donors (Lipinski definition) is 0. The minimum atomic E-state index is 0.702. The second-order valence-corrected chi connectivity index (χ2v) is 5.83.